The molecule has 1 saturated heterocycles. The summed E-state index contributed by atoms with van der Waals surface area (Å²) in [5.41, 5.74) is 1.83. The van der Waals surface area contributed by atoms with Crippen LogP contribution in [0.4, 0.5) is 11.4 Å². The molecule has 1 heterocycles. The van der Waals surface area contributed by atoms with Gasteiger partial charge in [-0.1, -0.05) is 54.1 Å². The van der Waals surface area contributed by atoms with Crippen LogP contribution in [0.1, 0.15) is 38.6 Å². The number of likely N-dealkylation sites (tertiary alicyclic amines) is 1. The number of anilines is 1. The van der Waals surface area contributed by atoms with Gasteiger partial charge >= 0.3 is 0 Å². The molecule has 0 aromatic heterocycles. The van der Waals surface area contributed by atoms with E-state index in [2.05, 4.69) is 17.4 Å². The van der Waals surface area contributed by atoms with Crippen LogP contribution < -0.4 is 5.32 Å². The molecule has 0 aliphatic carbocycles. The van der Waals surface area contributed by atoms with Crippen molar-refractivity contribution >= 4 is 34.8 Å². The molecule has 1 aliphatic rings. The van der Waals surface area contributed by atoms with Crippen LogP contribution in [0.2, 0.25) is 5.02 Å². The van der Waals surface area contributed by atoms with Crippen LogP contribution in [0.25, 0.3) is 0 Å². The molecule has 2 amide bonds. The van der Waals surface area contributed by atoms with E-state index in [9.17, 15) is 19.7 Å². The van der Waals surface area contributed by atoms with Gasteiger partial charge < -0.3 is 10.2 Å². The molecule has 0 spiro atoms. The van der Waals surface area contributed by atoms with Gasteiger partial charge in [0.1, 0.15) is 0 Å². The summed E-state index contributed by atoms with van der Waals surface area (Å²) in [7, 11) is 0. The third-order valence-corrected chi connectivity index (χ3v) is 5.87. The van der Waals surface area contributed by atoms with Crippen LogP contribution in [-0.2, 0) is 0 Å². The molecule has 8 heteroatoms. The number of non-ortho nitro benzene ring substituents is 1. The number of rotatable bonds is 5. The topological polar surface area (TPSA) is 92.6 Å². The average molecular weight is 450 g/mol. The molecular weight excluding hydrogens is 430 g/mol. The van der Waals surface area contributed by atoms with Crippen LogP contribution in [0.3, 0.4) is 0 Å². The first kappa shape index (κ1) is 21.5. The van der Waals surface area contributed by atoms with E-state index < -0.39 is 10.8 Å². The van der Waals surface area contributed by atoms with Gasteiger partial charge in [-0.2, -0.15) is 0 Å². The first-order chi connectivity index (χ1) is 15.4. The molecule has 1 fully saturated rings. The van der Waals surface area contributed by atoms with Gasteiger partial charge in [0.25, 0.3) is 17.5 Å². The van der Waals surface area contributed by atoms with Crippen LogP contribution >= 0.6 is 11.6 Å². The number of carbonyl (C=O) groups excluding carboxylic acids is 2. The van der Waals surface area contributed by atoms with Gasteiger partial charge in [0.15, 0.2) is 0 Å². The summed E-state index contributed by atoms with van der Waals surface area (Å²) < 4.78 is 0. The number of hydrogen-bond acceptors (Lipinski definition) is 4. The molecule has 3 aromatic carbocycles. The van der Waals surface area contributed by atoms with Crippen LogP contribution in [0.5, 0.6) is 0 Å². The summed E-state index contributed by atoms with van der Waals surface area (Å²) in [6.07, 6.45) is 0.878. The minimum absolute atomic E-state index is 0.0363. The van der Waals surface area contributed by atoms with E-state index >= 15 is 0 Å². The Hall–Kier alpha value is -3.71. The lowest BCUT2D eigenvalue weighted by Gasteiger charge is -2.19. The third-order valence-electron chi connectivity index (χ3n) is 5.56. The SMILES string of the molecule is O=C(Nc1ccccc1C(=O)N1CCC(c2ccccc2)C1)c1ccc([N+](=O)[O-])cc1Cl. The van der Waals surface area contributed by atoms with Crippen molar-refractivity contribution in [2.45, 2.75) is 12.3 Å². The number of nitrogens with zero attached hydrogens (tertiary/aromatic N) is 2. The second-order valence-electron chi connectivity index (χ2n) is 7.57. The minimum atomic E-state index is -0.583. The van der Waals surface area contributed by atoms with Crippen molar-refractivity contribution in [1.29, 1.82) is 0 Å². The number of hydrogen-bond donors (Lipinski definition) is 1. The highest BCUT2D eigenvalue weighted by atomic mass is 35.5. The second kappa shape index (κ2) is 9.20. The Morgan fingerprint density at radius 1 is 1.00 bits per heavy atom. The summed E-state index contributed by atoms with van der Waals surface area (Å²) in [6.45, 7) is 1.24. The zero-order valence-corrected chi connectivity index (χ0v) is 17.8. The van der Waals surface area contributed by atoms with Crippen LogP contribution in [-0.4, -0.2) is 34.7 Å². The normalized spacial score (nSPS) is 15.4. The number of nitro groups is 1. The fourth-order valence-electron chi connectivity index (χ4n) is 3.88. The van der Waals surface area contributed by atoms with Crippen molar-refractivity contribution in [3.8, 4) is 0 Å². The van der Waals surface area contributed by atoms with Gasteiger partial charge in [-0.15, -0.1) is 0 Å². The first-order valence-corrected chi connectivity index (χ1v) is 10.5. The largest absolute Gasteiger partial charge is 0.338 e. The minimum Gasteiger partial charge on any atom is -0.338 e. The van der Waals surface area contributed by atoms with E-state index in [0.717, 1.165) is 12.5 Å². The Balaban J connectivity index is 1.51. The van der Waals surface area contributed by atoms with Crippen molar-refractivity contribution in [3.63, 3.8) is 0 Å². The lowest BCUT2D eigenvalue weighted by atomic mass is 9.99. The predicted molar refractivity (Wildman–Crippen MR) is 122 cm³/mol. The summed E-state index contributed by atoms with van der Waals surface area (Å²) in [6, 6.07) is 20.5. The lowest BCUT2D eigenvalue weighted by molar-refractivity contribution is -0.384. The number of para-hydroxylation sites is 1. The zero-order valence-electron chi connectivity index (χ0n) is 17.0. The Labute approximate surface area is 189 Å². The quantitative estimate of drug-likeness (QED) is 0.431. The maximum Gasteiger partial charge on any atom is 0.270 e. The van der Waals surface area contributed by atoms with Gasteiger partial charge in [-0.3, -0.25) is 19.7 Å². The van der Waals surface area contributed by atoms with Crippen LogP contribution in [0.15, 0.2) is 72.8 Å². The number of benzene rings is 3. The number of halogens is 1. The van der Waals surface area contributed by atoms with E-state index in [0.29, 0.717) is 24.3 Å². The Morgan fingerprint density at radius 2 is 1.72 bits per heavy atom. The molecule has 162 valence electrons. The molecule has 32 heavy (non-hydrogen) atoms. The average Bonchev–Trinajstić information content (AvgIpc) is 3.30. The zero-order chi connectivity index (χ0) is 22.7. The lowest BCUT2D eigenvalue weighted by Crippen LogP contribution is -2.29. The van der Waals surface area contributed by atoms with Crippen molar-refractivity contribution in [3.05, 3.63) is 105 Å². The Bertz CT molecular complexity index is 1180. The van der Waals surface area contributed by atoms with Crippen LogP contribution in [0, 0.1) is 10.1 Å². The van der Waals surface area contributed by atoms with Crippen molar-refractivity contribution in [1.82, 2.24) is 4.90 Å². The maximum atomic E-state index is 13.2. The monoisotopic (exact) mass is 449 g/mol. The summed E-state index contributed by atoms with van der Waals surface area (Å²) >= 11 is 6.07. The molecule has 7 nitrogen and oxygen atoms in total. The molecule has 1 aliphatic heterocycles. The fraction of sp³-hybridized carbons (Fsp3) is 0.167. The second-order valence-corrected chi connectivity index (χ2v) is 7.98. The van der Waals surface area contributed by atoms with E-state index in [4.69, 9.17) is 11.6 Å². The van der Waals surface area contributed by atoms with E-state index in [1.807, 2.05) is 18.2 Å². The molecular formula is C24H20ClN3O4. The van der Waals surface area contributed by atoms with E-state index in [1.54, 1.807) is 29.2 Å². The molecule has 0 bridgehead atoms. The highest BCUT2D eigenvalue weighted by molar-refractivity contribution is 6.34. The number of amides is 2. The van der Waals surface area contributed by atoms with Crippen molar-refractivity contribution in [2.24, 2.45) is 0 Å². The molecule has 1 atom stereocenters. The highest BCUT2D eigenvalue weighted by Gasteiger charge is 2.29. The van der Waals surface area contributed by atoms with Gasteiger partial charge in [-0.05, 0) is 30.2 Å². The Kier molecular flexibility index (Phi) is 6.18. The predicted octanol–water partition coefficient (Wildman–Crippen LogP) is 5.13. The Morgan fingerprint density at radius 3 is 2.44 bits per heavy atom. The number of carbonyl (C=O) groups is 2. The third kappa shape index (κ3) is 4.48. The molecule has 1 N–H and O–H groups in total. The number of nitro benzene ring substituents is 1. The summed E-state index contributed by atoms with van der Waals surface area (Å²) in [4.78, 5) is 38.1. The molecule has 0 radical (unpaired) electrons. The first-order valence-electron chi connectivity index (χ1n) is 10.1. The van der Waals surface area contributed by atoms with Gasteiger partial charge in [0, 0.05) is 31.1 Å². The van der Waals surface area contributed by atoms with Crippen molar-refractivity contribution in [2.75, 3.05) is 18.4 Å². The summed E-state index contributed by atoms with van der Waals surface area (Å²) in [5.74, 6) is -0.427. The molecule has 3 aromatic rings. The van der Waals surface area contributed by atoms with E-state index in [-0.39, 0.29) is 28.1 Å². The highest BCUT2D eigenvalue weighted by Crippen LogP contribution is 2.30. The van der Waals surface area contributed by atoms with Gasteiger partial charge in [-0.25, -0.2) is 0 Å². The summed E-state index contributed by atoms with van der Waals surface area (Å²) in [5, 5.41) is 13.6. The molecule has 4 rings (SSSR count). The van der Waals surface area contributed by atoms with Gasteiger partial charge in [0.2, 0.25) is 0 Å². The smallest absolute Gasteiger partial charge is 0.270 e. The number of nitrogens with one attached hydrogen (secondary N) is 1. The standard InChI is InChI=1S/C24H20ClN3O4/c25-21-14-18(28(31)32)10-11-19(21)23(29)26-22-9-5-4-8-20(22)24(30)27-13-12-17(15-27)16-6-2-1-3-7-16/h1-11,14,17H,12-13,15H2,(H,26,29). The van der Waals surface area contributed by atoms with Gasteiger partial charge in [0.05, 0.1) is 26.8 Å². The fourth-order valence-corrected chi connectivity index (χ4v) is 4.14. The maximum absolute atomic E-state index is 13.2. The van der Waals surface area contributed by atoms with Crippen molar-refractivity contribution < 1.29 is 14.5 Å². The molecule has 0 saturated carbocycles. The van der Waals surface area contributed by atoms with E-state index in [1.165, 1.54) is 17.7 Å². The molecule has 1 unspecified atom stereocenters.